The van der Waals surface area contributed by atoms with Crippen LogP contribution in [0.1, 0.15) is 39.0 Å². The second kappa shape index (κ2) is 10.3. The summed E-state index contributed by atoms with van der Waals surface area (Å²) in [6.45, 7) is 2.85. The highest BCUT2D eigenvalue weighted by molar-refractivity contribution is 5.81. The molecule has 4 nitrogen and oxygen atoms in total. The van der Waals surface area contributed by atoms with E-state index >= 15 is 0 Å². The lowest BCUT2D eigenvalue weighted by atomic mass is 10.2. The third kappa shape index (κ3) is 6.57. The summed E-state index contributed by atoms with van der Waals surface area (Å²) in [6, 6.07) is 9.40. The molecule has 1 rings (SSSR count). The van der Waals surface area contributed by atoms with Gasteiger partial charge in [0, 0.05) is 13.2 Å². The summed E-state index contributed by atoms with van der Waals surface area (Å²) in [6.07, 6.45) is 4.01. The number of para-hydroxylation sites is 1. The molecular formula is C16H25NO3. The Morgan fingerprint density at radius 1 is 1.20 bits per heavy atom. The first-order valence-electron chi connectivity index (χ1n) is 7.38. The van der Waals surface area contributed by atoms with E-state index in [0.29, 0.717) is 13.0 Å². The molecule has 0 spiro atoms. The molecule has 0 bridgehead atoms. The van der Waals surface area contributed by atoms with E-state index in [9.17, 15) is 4.79 Å². The van der Waals surface area contributed by atoms with Crippen LogP contribution in [-0.4, -0.2) is 30.3 Å². The predicted octanol–water partition coefficient (Wildman–Crippen LogP) is 2.51. The predicted molar refractivity (Wildman–Crippen MR) is 79.7 cm³/mol. The second-order valence-electron chi connectivity index (χ2n) is 4.76. The summed E-state index contributed by atoms with van der Waals surface area (Å²) in [5.74, 6) is 0.663. The van der Waals surface area contributed by atoms with E-state index in [-0.39, 0.29) is 12.5 Å². The topological polar surface area (TPSA) is 58.6 Å². The molecule has 1 amide bonds. The Balaban J connectivity index is 2.25. The number of unbranched alkanes of at least 4 members (excludes halogenated alkanes) is 3. The van der Waals surface area contributed by atoms with Crippen molar-refractivity contribution >= 4 is 5.91 Å². The standard InChI is InChI=1S/C16H25NO3/c1-2-15(20-14-10-6-5-7-11-14)16(19)17-12-8-3-4-9-13-18/h5-7,10-11,15,18H,2-4,8-9,12-13H2,1H3,(H,17,19). The highest BCUT2D eigenvalue weighted by Crippen LogP contribution is 2.12. The first kappa shape index (κ1) is 16.5. The third-order valence-corrected chi connectivity index (χ3v) is 3.07. The SMILES string of the molecule is CCC(Oc1ccccc1)C(=O)NCCCCCCO. The van der Waals surface area contributed by atoms with Gasteiger partial charge in [-0.05, 0) is 31.4 Å². The zero-order chi connectivity index (χ0) is 14.6. The van der Waals surface area contributed by atoms with Gasteiger partial charge in [-0.15, -0.1) is 0 Å². The van der Waals surface area contributed by atoms with Gasteiger partial charge in [-0.2, -0.15) is 0 Å². The fourth-order valence-corrected chi connectivity index (χ4v) is 1.90. The van der Waals surface area contributed by atoms with Gasteiger partial charge in [0.15, 0.2) is 6.10 Å². The van der Waals surface area contributed by atoms with Crippen LogP contribution in [0.25, 0.3) is 0 Å². The van der Waals surface area contributed by atoms with E-state index in [0.717, 1.165) is 31.4 Å². The van der Waals surface area contributed by atoms with Crippen LogP contribution in [0, 0.1) is 0 Å². The van der Waals surface area contributed by atoms with Gasteiger partial charge in [-0.1, -0.05) is 38.0 Å². The van der Waals surface area contributed by atoms with Crippen molar-refractivity contribution < 1.29 is 14.6 Å². The molecule has 0 aromatic heterocycles. The molecule has 1 atom stereocenters. The lowest BCUT2D eigenvalue weighted by Gasteiger charge is -2.17. The fourth-order valence-electron chi connectivity index (χ4n) is 1.90. The third-order valence-electron chi connectivity index (χ3n) is 3.07. The highest BCUT2D eigenvalue weighted by atomic mass is 16.5. The number of carbonyl (C=O) groups excluding carboxylic acids is 1. The molecule has 0 fully saturated rings. The van der Waals surface area contributed by atoms with Crippen molar-refractivity contribution in [1.82, 2.24) is 5.32 Å². The van der Waals surface area contributed by atoms with Crippen LogP contribution >= 0.6 is 0 Å². The van der Waals surface area contributed by atoms with Gasteiger partial charge in [0.05, 0.1) is 0 Å². The highest BCUT2D eigenvalue weighted by Gasteiger charge is 2.17. The van der Waals surface area contributed by atoms with E-state index < -0.39 is 6.10 Å². The van der Waals surface area contributed by atoms with Crippen molar-refractivity contribution in [3.05, 3.63) is 30.3 Å². The number of ether oxygens (including phenoxy) is 1. The molecule has 112 valence electrons. The summed E-state index contributed by atoms with van der Waals surface area (Å²) in [5, 5.41) is 11.6. The minimum Gasteiger partial charge on any atom is -0.481 e. The average molecular weight is 279 g/mol. The van der Waals surface area contributed by atoms with E-state index in [2.05, 4.69) is 5.32 Å². The van der Waals surface area contributed by atoms with E-state index in [1.807, 2.05) is 37.3 Å². The first-order chi connectivity index (χ1) is 9.77. The van der Waals surface area contributed by atoms with E-state index in [1.165, 1.54) is 0 Å². The minimum atomic E-state index is -0.435. The fraction of sp³-hybridized carbons (Fsp3) is 0.562. The Hall–Kier alpha value is -1.55. The molecule has 1 aromatic carbocycles. The molecule has 1 unspecified atom stereocenters. The van der Waals surface area contributed by atoms with Crippen LogP contribution in [0.5, 0.6) is 5.75 Å². The first-order valence-corrected chi connectivity index (χ1v) is 7.38. The number of aliphatic hydroxyl groups excluding tert-OH is 1. The second-order valence-corrected chi connectivity index (χ2v) is 4.76. The molecule has 0 radical (unpaired) electrons. The zero-order valence-electron chi connectivity index (χ0n) is 12.2. The number of amides is 1. The maximum absolute atomic E-state index is 12.0. The van der Waals surface area contributed by atoms with Gasteiger partial charge in [0.2, 0.25) is 0 Å². The van der Waals surface area contributed by atoms with Crippen molar-refractivity contribution in [1.29, 1.82) is 0 Å². The Labute approximate surface area is 121 Å². The molecule has 0 saturated heterocycles. The normalized spacial score (nSPS) is 11.9. The van der Waals surface area contributed by atoms with Crippen molar-refractivity contribution in [2.45, 2.75) is 45.1 Å². The number of nitrogens with one attached hydrogen (secondary N) is 1. The van der Waals surface area contributed by atoms with Gasteiger partial charge >= 0.3 is 0 Å². The smallest absolute Gasteiger partial charge is 0.261 e. The Morgan fingerprint density at radius 2 is 1.90 bits per heavy atom. The van der Waals surface area contributed by atoms with E-state index in [1.54, 1.807) is 0 Å². The molecule has 20 heavy (non-hydrogen) atoms. The monoisotopic (exact) mass is 279 g/mol. The van der Waals surface area contributed by atoms with Crippen LogP contribution in [0.3, 0.4) is 0 Å². The summed E-state index contributed by atoms with van der Waals surface area (Å²) in [4.78, 5) is 12.0. The lowest BCUT2D eigenvalue weighted by Crippen LogP contribution is -2.38. The molecule has 1 aromatic rings. The van der Waals surface area contributed by atoms with Gasteiger partial charge in [-0.25, -0.2) is 0 Å². The summed E-state index contributed by atoms with van der Waals surface area (Å²) >= 11 is 0. The Bertz CT molecular complexity index is 367. The van der Waals surface area contributed by atoms with Crippen LogP contribution in [0.15, 0.2) is 30.3 Å². The van der Waals surface area contributed by atoms with Crippen LogP contribution in [0.2, 0.25) is 0 Å². The molecule has 2 N–H and O–H groups in total. The van der Waals surface area contributed by atoms with Gasteiger partial charge in [0.1, 0.15) is 5.75 Å². The lowest BCUT2D eigenvalue weighted by molar-refractivity contribution is -0.128. The van der Waals surface area contributed by atoms with Gasteiger partial charge in [0.25, 0.3) is 5.91 Å². The summed E-state index contributed by atoms with van der Waals surface area (Å²) < 4.78 is 5.68. The number of hydrogen-bond acceptors (Lipinski definition) is 3. The maximum Gasteiger partial charge on any atom is 0.261 e. The van der Waals surface area contributed by atoms with Gasteiger partial charge < -0.3 is 15.2 Å². The molecule has 0 saturated carbocycles. The van der Waals surface area contributed by atoms with E-state index in [4.69, 9.17) is 9.84 Å². The summed E-state index contributed by atoms with van der Waals surface area (Å²) in [7, 11) is 0. The van der Waals surface area contributed by atoms with Crippen LogP contribution in [0.4, 0.5) is 0 Å². The molecule has 4 heteroatoms. The zero-order valence-corrected chi connectivity index (χ0v) is 12.2. The van der Waals surface area contributed by atoms with Crippen molar-refractivity contribution in [2.24, 2.45) is 0 Å². The molecule has 0 aliphatic rings. The number of carbonyl (C=O) groups is 1. The Morgan fingerprint density at radius 3 is 2.55 bits per heavy atom. The number of rotatable bonds is 10. The number of hydrogen-bond donors (Lipinski definition) is 2. The molecule has 0 aliphatic heterocycles. The van der Waals surface area contributed by atoms with Crippen molar-refractivity contribution in [3.8, 4) is 5.75 Å². The van der Waals surface area contributed by atoms with Crippen LogP contribution < -0.4 is 10.1 Å². The van der Waals surface area contributed by atoms with Crippen molar-refractivity contribution in [2.75, 3.05) is 13.2 Å². The average Bonchev–Trinajstić information content (AvgIpc) is 2.49. The van der Waals surface area contributed by atoms with Crippen LogP contribution in [-0.2, 0) is 4.79 Å². The minimum absolute atomic E-state index is 0.0569. The van der Waals surface area contributed by atoms with Gasteiger partial charge in [-0.3, -0.25) is 4.79 Å². The number of benzene rings is 1. The largest absolute Gasteiger partial charge is 0.481 e. The summed E-state index contributed by atoms with van der Waals surface area (Å²) in [5.41, 5.74) is 0. The molecular weight excluding hydrogens is 254 g/mol. The molecule has 0 heterocycles. The number of aliphatic hydroxyl groups is 1. The molecule has 0 aliphatic carbocycles. The Kier molecular flexibility index (Phi) is 8.47. The van der Waals surface area contributed by atoms with Crippen molar-refractivity contribution in [3.63, 3.8) is 0 Å². The quantitative estimate of drug-likeness (QED) is 0.647. The maximum atomic E-state index is 12.0.